The summed E-state index contributed by atoms with van der Waals surface area (Å²) in [5.41, 5.74) is 0.761. The number of nitrogens with zero attached hydrogens (tertiary/aromatic N) is 3. The summed E-state index contributed by atoms with van der Waals surface area (Å²) in [5, 5.41) is 13.6. The molecule has 1 aliphatic heterocycles. The smallest absolute Gasteiger partial charge is 0.416 e. The van der Waals surface area contributed by atoms with Gasteiger partial charge >= 0.3 is 6.18 Å². The molecule has 1 atom stereocenters. The van der Waals surface area contributed by atoms with Crippen molar-refractivity contribution in [1.29, 1.82) is 0 Å². The molecule has 0 radical (unpaired) electrons. The molecule has 31 heavy (non-hydrogen) atoms. The molecule has 166 valence electrons. The first-order chi connectivity index (χ1) is 14.7. The van der Waals surface area contributed by atoms with Crippen LogP contribution in [0.5, 0.6) is 5.75 Å². The number of fused-ring (bicyclic) bond motifs is 1. The van der Waals surface area contributed by atoms with Crippen molar-refractivity contribution < 1.29 is 22.7 Å². The van der Waals surface area contributed by atoms with Gasteiger partial charge in [-0.2, -0.15) is 18.2 Å². The Kier molecular flexibility index (Phi) is 5.79. The fourth-order valence-electron chi connectivity index (χ4n) is 4.09. The highest BCUT2D eigenvalue weighted by Gasteiger charge is 2.32. The number of pyridine rings is 1. The molecule has 2 aromatic heterocycles. The van der Waals surface area contributed by atoms with Crippen LogP contribution in [0.25, 0.3) is 22.5 Å². The van der Waals surface area contributed by atoms with Crippen molar-refractivity contribution in [2.75, 3.05) is 25.0 Å². The van der Waals surface area contributed by atoms with Gasteiger partial charge in [-0.25, -0.2) is 4.98 Å². The number of anilines is 1. The number of aromatic hydroxyl groups is 1. The number of phenols is 1. The minimum absolute atomic E-state index is 0.219. The van der Waals surface area contributed by atoms with Crippen LogP contribution in [0.2, 0.25) is 0 Å². The molecule has 0 saturated carbocycles. The van der Waals surface area contributed by atoms with Crippen LogP contribution < -0.4 is 5.32 Å². The number of oxazole rings is 1. The molecular weight excluding hydrogens is 409 g/mol. The monoisotopic (exact) mass is 434 g/mol. The molecule has 3 heterocycles. The van der Waals surface area contributed by atoms with Crippen molar-refractivity contribution >= 4 is 17.2 Å². The third kappa shape index (κ3) is 4.61. The number of likely N-dealkylation sites (tertiary alicyclic amines) is 1. The van der Waals surface area contributed by atoms with Crippen LogP contribution in [0.3, 0.4) is 0 Å². The van der Waals surface area contributed by atoms with Gasteiger partial charge in [0.1, 0.15) is 5.75 Å². The number of phenolic OH excluding ortho intramolecular Hbond substituents is 1. The maximum Gasteiger partial charge on any atom is 0.416 e. The Bertz CT molecular complexity index is 1060. The second kappa shape index (κ2) is 8.37. The third-order valence-electron chi connectivity index (χ3n) is 5.68. The molecule has 1 saturated heterocycles. The van der Waals surface area contributed by atoms with E-state index in [-0.39, 0.29) is 17.2 Å². The molecule has 1 aliphatic rings. The molecule has 1 fully saturated rings. The molecule has 3 aromatic rings. The first-order valence-corrected chi connectivity index (χ1v) is 10.4. The fraction of sp³-hybridized carbons (Fsp3) is 0.455. The Morgan fingerprint density at radius 2 is 2.03 bits per heavy atom. The van der Waals surface area contributed by atoms with Crippen LogP contribution >= 0.6 is 0 Å². The number of halogens is 3. The maximum atomic E-state index is 13.0. The van der Waals surface area contributed by atoms with Gasteiger partial charge in [0.2, 0.25) is 5.65 Å². The molecule has 6 nitrogen and oxygen atoms in total. The van der Waals surface area contributed by atoms with Crippen molar-refractivity contribution in [2.45, 2.75) is 45.3 Å². The van der Waals surface area contributed by atoms with Crippen molar-refractivity contribution in [1.82, 2.24) is 14.9 Å². The lowest BCUT2D eigenvalue weighted by molar-refractivity contribution is -0.137. The number of likely N-dealkylation sites (N-methyl/N-ethyl adjacent to an activating group) is 1. The topological polar surface area (TPSA) is 74.4 Å². The Balaban J connectivity index is 1.61. The van der Waals surface area contributed by atoms with E-state index < -0.39 is 17.5 Å². The molecule has 0 spiro atoms. The molecule has 4 rings (SSSR count). The summed E-state index contributed by atoms with van der Waals surface area (Å²) in [6.45, 7) is 6.64. The summed E-state index contributed by atoms with van der Waals surface area (Å²) in [4.78, 5) is 11.2. The van der Waals surface area contributed by atoms with Crippen molar-refractivity contribution in [3.05, 3.63) is 35.4 Å². The lowest BCUT2D eigenvalue weighted by Crippen LogP contribution is -2.35. The highest BCUT2D eigenvalue weighted by Crippen LogP contribution is 2.39. The fourth-order valence-corrected chi connectivity index (χ4v) is 4.09. The number of aryl methyl sites for hydroxylation is 1. The highest BCUT2D eigenvalue weighted by molar-refractivity contribution is 5.78. The van der Waals surface area contributed by atoms with E-state index in [4.69, 9.17) is 4.42 Å². The van der Waals surface area contributed by atoms with Crippen molar-refractivity contribution in [3.8, 4) is 17.0 Å². The third-order valence-corrected chi connectivity index (χ3v) is 5.68. The minimum Gasteiger partial charge on any atom is -0.507 e. The Hall–Kier alpha value is -2.81. The van der Waals surface area contributed by atoms with Gasteiger partial charge in [-0.05, 0) is 62.7 Å². The Morgan fingerprint density at radius 3 is 2.74 bits per heavy atom. The normalized spacial score (nSPS) is 18.3. The zero-order valence-electron chi connectivity index (χ0n) is 17.5. The molecule has 2 N–H and O–H groups in total. The summed E-state index contributed by atoms with van der Waals surface area (Å²) >= 11 is 0. The molecular formula is C22H25F3N4O2. The number of benzene rings is 1. The number of nitrogens with one attached hydrogen (secondary N) is 1. The number of aromatic nitrogens is 2. The first-order valence-electron chi connectivity index (χ1n) is 10.4. The molecule has 0 amide bonds. The summed E-state index contributed by atoms with van der Waals surface area (Å²) < 4.78 is 44.8. The molecule has 9 heteroatoms. The summed E-state index contributed by atoms with van der Waals surface area (Å²) in [6.07, 6.45) is -1.22. The number of alkyl halides is 3. The van der Waals surface area contributed by atoms with E-state index in [9.17, 15) is 18.3 Å². The highest BCUT2D eigenvalue weighted by atomic mass is 19.4. The van der Waals surface area contributed by atoms with Gasteiger partial charge in [-0.15, -0.1) is 0 Å². The van der Waals surface area contributed by atoms with E-state index in [1.165, 1.54) is 13.3 Å². The molecule has 0 bridgehead atoms. The first kappa shape index (κ1) is 21.4. The zero-order valence-corrected chi connectivity index (χ0v) is 17.5. The number of hydrogen-bond donors (Lipinski definition) is 2. The zero-order chi connectivity index (χ0) is 22.2. The van der Waals surface area contributed by atoms with E-state index in [0.717, 1.165) is 44.6 Å². The van der Waals surface area contributed by atoms with E-state index in [0.29, 0.717) is 22.9 Å². The summed E-state index contributed by atoms with van der Waals surface area (Å²) in [5.74, 6) is -0.473. The lowest BCUT2D eigenvalue weighted by atomic mass is 10.0. The average molecular weight is 434 g/mol. The van der Waals surface area contributed by atoms with Crippen molar-refractivity contribution in [2.24, 2.45) is 0 Å². The predicted molar refractivity (Wildman–Crippen MR) is 112 cm³/mol. The second-order valence-corrected chi connectivity index (χ2v) is 7.95. The summed E-state index contributed by atoms with van der Waals surface area (Å²) in [6, 6.07) is 5.58. The number of rotatable bonds is 4. The lowest BCUT2D eigenvalue weighted by Gasteiger charge is -2.22. The van der Waals surface area contributed by atoms with Gasteiger partial charge in [-0.3, -0.25) is 0 Å². The minimum atomic E-state index is -4.53. The SMILES string of the molecule is CCN1CCCC[C@@H](Nc2nc3nc(-c4c(C)cc(C(F)(F)F)cc4O)ccc3o2)C1. The molecule has 1 aromatic carbocycles. The second-order valence-electron chi connectivity index (χ2n) is 7.95. The number of hydrogen-bond acceptors (Lipinski definition) is 6. The Labute approximate surface area is 178 Å². The average Bonchev–Trinajstić information content (AvgIpc) is 2.95. The van der Waals surface area contributed by atoms with Gasteiger partial charge in [0.25, 0.3) is 6.01 Å². The predicted octanol–water partition coefficient (Wildman–Crippen LogP) is 5.21. The van der Waals surface area contributed by atoms with E-state index >= 15 is 0 Å². The van der Waals surface area contributed by atoms with Gasteiger partial charge in [-0.1, -0.05) is 13.3 Å². The quantitative estimate of drug-likeness (QED) is 0.587. The molecule has 0 unspecified atom stereocenters. The van der Waals surface area contributed by atoms with E-state index in [1.807, 2.05) is 0 Å². The van der Waals surface area contributed by atoms with Crippen LogP contribution in [0.15, 0.2) is 28.7 Å². The Morgan fingerprint density at radius 1 is 1.23 bits per heavy atom. The largest absolute Gasteiger partial charge is 0.507 e. The van der Waals surface area contributed by atoms with Gasteiger partial charge in [0, 0.05) is 18.2 Å². The standard InChI is InChI=1S/C22H25F3N4O2/c1-3-29-9-5-4-6-15(12-29)26-21-28-20-18(31-21)8-7-16(27-20)19-13(2)10-14(11-17(19)30)22(23,24)25/h7-8,10-11,15,30H,3-6,9,12H2,1-2H3,(H,26,27,28)/t15-/m1/s1. The van der Waals surface area contributed by atoms with Crippen LogP contribution in [0, 0.1) is 6.92 Å². The van der Waals surface area contributed by atoms with E-state index in [2.05, 4.69) is 27.1 Å². The van der Waals surface area contributed by atoms with Crippen LogP contribution in [0.1, 0.15) is 37.3 Å². The van der Waals surface area contributed by atoms with Crippen LogP contribution in [-0.4, -0.2) is 45.7 Å². The van der Waals surface area contributed by atoms with Crippen LogP contribution in [0.4, 0.5) is 19.2 Å². The van der Waals surface area contributed by atoms with Gasteiger partial charge in [0.05, 0.1) is 11.3 Å². The van der Waals surface area contributed by atoms with E-state index in [1.54, 1.807) is 12.1 Å². The van der Waals surface area contributed by atoms with Crippen molar-refractivity contribution in [3.63, 3.8) is 0 Å². The van der Waals surface area contributed by atoms with Crippen LogP contribution in [-0.2, 0) is 6.18 Å². The summed E-state index contributed by atoms with van der Waals surface area (Å²) in [7, 11) is 0. The van der Waals surface area contributed by atoms with Gasteiger partial charge < -0.3 is 19.7 Å². The van der Waals surface area contributed by atoms with Gasteiger partial charge in [0.15, 0.2) is 5.58 Å². The maximum absolute atomic E-state index is 13.0. The molecule has 0 aliphatic carbocycles.